The molecule has 0 bridgehead atoms. The summed E-state index contributed by atoms with van der Waals surface area (Å²) in [6.07, 6.45) is 1.25. The van der Waals surface area contributed by atoms with Crippen molar-refractivity contribution in [1.82, 2.24) is 4.98 Å². The second-order valence-electron chi connectivity index (χ2n) is 2.25. The molecule has 5 heteroatoms. The van der Waals surface area contributed by atoms with Crippen molar-refractivity contribution in [3.05, 3.63) is 22.8 Å². The van der Waals surface area contributed by atoms with Gasteiger partial charge < -0.3 is 9.84 Å². The summed E-state index contributed by atoms with van der Waals surface area (Å²) in [6.45, 7) is 1.91. The van der Waals surface area contributed by atoms with Gasteiger partial charge in [0.1, 0.15) is 5.56 Å². The van der Waals surface area contributed by atoms with Gasteiger partial charge in [0.2, 0.25) is 5.88 Å². The van der Waals surface area contributed by atoms with E-state index in [-0.39, 0.29) is 23.1 Å². The lowest BCUT2D eigenvalue weighted by molar-refractivity contribution is 0.0522. The van der Waals surface area contributed by atoms with Crippen LogP contribution in [0.15, 0.2) is 12.3 Å². The van der Waals surface area contributed by atoms with Crippen molar-refractivity contribution >= 4 is 17.6 Å². The number of carbonyl (C=O) groups excluding carboxylic acids is 1. The summed E-state index contributed by atoms with van der Waals surface area (Å²) >= 11 is 5.58. The van der Waals surface area contributed by atoms with E-state index in [1.807, 2.05) is 0 Å². The molecular formula is C8H8ClNO3. The zero-order valence-corrected chi connectivity index (χ0v) is 7.71. The normalized spacial score (nSPS) is 9.69. The predicted octanol–water partition coefficient (Wildman–Crippen LogP) is 1.62. The molecule has 0 aliphatic carbocycles. The smallest absolute Gasteiger partial charge is 0.343 e. The van der Waals surface area contributed by atoms with E-state index >= 15 is 0 Å². The van der Waals surface area contributed by atoms with E-state index in [9.17, 15) is 4.79 Å². The summed E-state index contributed by atoms with van der Waals surface area (Å²) in [5.74, 6) is -1.00. The predicted molar refractivity (Wildman–Crippen MR) is 46.9 cm³/mol. The molecule has 1 aromatic heterocycles. The van der Waals surface area contributed by atoms with Crippen LogP contribution in [0, 0.1) is 0 Å². The van der Waals surface area contributed by atoms with E-state index < -0.39 is 5.97 Å². The van der Waals surface area contributed by atoms with Gasteiger partial charge in [-0.2, -0.15) is 0 Å². The molecule has 0 atom stereocenters. The molecule has 0 spiro atoms. The number of halogens is 1. The van der Waals surface area contributed by atoms with Gasteiger partial charge in [-0.3, -0.25) is 0 Å². The molecule has 0 fully saturated rings. The highest BCUT2D eigenvalue weighted by atomic mass is 35.5. The van der Waals surface area contributed by atoms with E-state index in [1.54, 1.807) is 6.92 Å². The maximum Gasteiger partial charge on any atom is 0.343 e. The van der Waals surface area contributed by atoms with Crippen molar-refractivity contribution in [2.24, 2.45) is 0 Å². The Balaban J connectivity index is 2.99. The zero-order chi connectivity index (χ0) is 9.84. The summed E-state index contributed by atoms with van der Waals surface area (Å²) in [7, 11) is 0. The molecule has 0 saturated heterocycles. The summed E-state index contributed by atoms with van der Waals surface area (Å²) < 4.78 is 4.67. The molecule has 1 heterocycles. The fourth-order valence-corrected chi connectivity index (χ4v) is 0.949. The average molecular weight is 202 g/mol. The zero-order valence-electron chi connectivity index (χ0n) is 6.95. The highest BCUT2D eigenvalue weighted by Crippen LogP contribution is 2.18. The van der Waals surface area contributed by atoms with E-state index in [1.165, 1.54) is 12.3 Å². The Morgan fingerprint density at radius 3 is 3.08 bits per heavy atom. The van der Waals surface area contributed by atoms with Crippen molar-refractivity contribution in [3.63, 3.8) is 0 Å². The van der Waals surface area contributed by atoms with Crippen LogP contribution < -0.4 is 0 Å². The molecule has 70 valence electrons. The van der Waals surface area contributed by atoms with Crippen LogP contribution in [0.25, 0.3) is 0 Å². The number of nitrogens with zero attached hydrogens (tertiary/aromatic N) is 1. The fraction of sp³-hybridized carbons (Fsp3) is 0.250. The number of aromatic hydroxyl groups is 1. The average Bonchev–Trinajstić information content (AvgIpc) is 2.09. The van der Waals surface area contributed by atoms with Gasteiger partial charge in [0, 0.05) is 6.20 Å². The van der Waals surface area contributed by atoms with Crippen molar-refractivity contribution in [2.75, 3.05) is 6.61 Å². The first-order valence-electron chi connectivity index (χ1n) is 3.66. The molecule has 0 aliphatic heterocycles. The first kappa shape index (κ1) is 9.80. The molecule has 1 N–H and O–H groups in total. The standard InChI is InChI=1S/C8H8ClNO3/c1-2-13-8(12)6-3-5(9)4-10-7(6)11/h3-4H,2H2,1H3,(H,10,11). The minimum atomic E-state index is -0.630. The molecule has 0 saturated carbocycles. The van der Waals surface area contributed by atoms with Gasteiger partial charge in [0.15, 0.2) is 0 Å². The second-order valence-corrected chi connectivity index (χ2v) is 2.68. The fourth-order valence-electron chi connectivity index (χ4n) is 0.791. The maximum absolute atomic E-state index is 11.1. The number of pyridine rings is 1. The number of hydrogen-bond acceptors (Lipinski definition) is 4. The van der Waals surface area contributed by atoms with E-state index in [0.717, 1.165) is 0 Å². The van der Waals surface area contributed by atoms with Crippen LogP contribution in [-0.4, -0.2) is 22.7 Å². The number of ether oxygens (including phenoxy) is 1. The monoisotopic (exact) mass is 201 g/mol. The molecule has 1 aromatic rings. The third kappa shape index (κ3) is 2.32. The molecule has 0 amide bonds. The summed E-state index contributed by atoms with van der Waals surface area (Å²) in [5.41, 5.74) is -0.0191. The number of aromatic nitrogens is 1. The van der Waals surface area contributed by atoms with Gasteiger partial charge in [-0.05, 0) is 13.0 Å². The SMILES string of the molecule is CCOC(=O)c1cc(Cl)cnc1O. The van der Waals surface area contributed by atoms with E-state index in [4.69, 9.17) is 16.7 Å². The van der Waals surface area contributed by atoms with Gasteiger partial charge in [0.05, 0.1) is 11.6 Å². The Hall–Kier alpha value is -1.29. The van der Waals surface area contributed by atoms with Crippen LogP contribution in [0.2, 0.25) is 5.02 Å². The topological polar surface area (TPSA) is 59.4 Å². The number of rotatable bonds is 2. The number of hydrogen-bond donors (Lipinski definition) is 1. The van der Waals surface area contributed by atoms with Gasteiger partial charge in [0.25, 0.3) is 0 Å². The van der Waals surface area contributed by atoms with Crippen molar-refractivity contribution in [2.45, 2.75) is 6.92 Å². The van der Waals surface area contributed by atoms with Crippen molar-refractivity contribution < 1.29 is 14.6 Å². The second kappa shape index (κ2) is 4.09. The molecule has 4 nitrogen and oxygen atoms in total. The largest absolute Gasteiger partial charge is 0.493 e. The molecular weight excluding hydrogens is 194 g/mol. The van der Waals surface area contributed by atoms with Crippen LogP contribution >= 0.6 is 11.6 Å². The molecule has 1 rings (SSSR count). The summed E-state index contributed by atoms with van der Waals surface area (Å²) in [5, 5.41) is 9.44. The van der Waals surface area contributed by atoms with Gasteiger partial charge in [-0.1, -0.05) is 11.6 Å². The highest BCUT2D eigenvalue weighted by Gasteiger charge is 2.13. The molecule has 13 heavy (non-hydrogen) atoms. The van der Waals surface area contributed by atoms with Gasteiger partial charge in [-0.15, -0.1) is 0 Å². The molecule has 0 aromatic carbocycles. The number of esters is 1. The Bertz CT molecular complexity index is 327. The molecule has 0 radical (unpaired) electrons. The lowest BCUT2D eigenvalue weighted by Gasteiger charge is -2.02. The highest BCUT2D eigenvalue weighted by molar-refractivity contribution is 6.30. The Morgan fingerprint density at radius 1 is 1.77 bits per heavy atom. The van der Waals surface area contributed by atoms with E-state index in [2.05, 4.69) is 9.72 Å². The van der Waals surface area contributed by atoms with Crippen LogP contribution in [0.3, 0.4) is 0 Å². The van der Waals surface area contributed by atoms with Gasteiger partial charge in [-0.25, -0.2) is 9.78 Å². The van der Waals surface area contributed by atoms with Crippen LogP contribution in [0.5, 0.6) is 5.88 Å². The Kier molecular flexibility index (Phi) is 3.08. The summed E-state index contributed by atoms with van der Waals surface area (Å²) in [4.78, 5) is 14.6. The Morgan fingerprint density at radius 2 is 2.46 bits per heavy atom. The lowest BCUT2D eigenvalue weighted by atomic mass is 10.3. The van der Waals surface area contributed by atoms with Crippen LogP contribution in [-0.2, 0) is 4.74 Å². The Labute approximate surface area is 80.1 Å². The van der Waals surface area contributed by atoms with Crippen molar-refractivity contribution in [3.8, 4) is 5.88 Å². The quantitative estimate of drug-likeness (QED) is 0.739. The lowest BCUT2D eigenvalue weighted by Crippen LogP contribution is -2.05. The van der Waals surface area contributed by atoms with Crippen molar-refractivity contribution in [1.29, 1.82) is 0 Å². The minimum Gasteiger partial charge on any atom is -0.493 e. The molecule has 0 unspecified atom stereocenters. The van der Waals surface area contributed by atoms with Crippen LogP contribution in [0.4, 0.5) is 0 Å². The maximum atomic E-state index is 11.1. The third-order valence-electron chi connectivity index (χ3n) is 1.33. The van der Waals surface area contributed by atoms with Gasteiger partial charge >= 0.3 is 5.97 Å². The summed E-state index contributed by atoms with van der Waals surface area (Å²) in [6, 6.07) is 1.31. The minimum absolute atomic E-state index is 0.0191. The number of carbonyl (C=O) groups is 1. The first-order chi connectivity index (χ1) is 6.15. The first-order valence-corrected chi connectivity index (χ1v) is 4.04. The van der Waals surface area contributed by atoms with E-state index in [0.29, 0.717) is 0 Å². The molecule has 0 aliphatic rings. The third-order valence-corrected chi connectivity index (χ3v) is 1.54. The van der Waals surface area contributed by atoms with Crippen LogP contribution in [0.1, 0.15) is 17.3 Å².